The summed E-state index contributed by atoms with van der Waals surface area (Å²) in [4.78, 5) is 4.37. The smallest absolute Gasteiger partial charge is 0.0741 e. The molecule has 19 heavy (non-hydrogen) atoms. The maximum Gasteiger partial charge on any atom is 0.0741 e. The van der Waals surface area contributed by atoms with Gasteiger partial charge >= 0.3 is 0 Å². The summed E-state index contributed by atoms with van der Waals surface area (Å²) in [5.41, 5.74) is 5.89. The predicted molar refractivity (Wildman–Crippen MR) is 74.1 cm³/mol. The molecular formula is C14H15N5. The number of benzene rings is 1. The molecule has 1 aromatic carbocycles. The van der Waals surface area contributed by atoms with Crippen LogP contribution in [0.15, 0.2) is 48.9 Å². The largest absolute Gasteiger partial charge is 0.275 e. The van der Waals surface area contributed by atoms with E-state index in [2.05, 4.69) is 27.6 Å². The number of rotatable bonds is 3. The van der Waals surface area contributed by atoms with E-state index in [-0.39, 0.29) is 6.04 Å². The van der Waals surface area contributed by atoms with E-state index in [1.54, 1.807) is 10.9 Å². The fraction of sp³-hybridized carbons (Fsp3) is 0.143. The number of fused-ring (bicyclic) bond motifs is 1. The number of aromatic nitrogens is 3. The Balaban J connectivity index is 2.06. The van der Waals surface area contributed by atoms with Crippen LogP contribution in [0.5, 0.6) is 0 Å². The highest BCUT2D eigenvalue weighted by molar-refractivity contribution is 5.79. The number of hydrogen-bond donors (Lipinski definition) is 2. The van der Waals surface area contributed by atoms with E-state index in [1.807, 2.05) is 37.6 Å². The van der Waals surface area contributed by atoms with Gasteiger partial charge in [0.1, 0.15) is 0 Å². The van der Waals surface area contributed by atoms with Crippen LogP contribution in [0.25, 0.3) is 10.9 Å². The fourth-order valence-corrected chi connectivity index (χ4v) is 2.24. The zero-order valence-electron chi connectivity index (χ0n) is 10.6. The summed E-state index contributed by atoms with van der Waals surface area (Å²) in [6, 6.07) is 10.1. The molecule has 0 fully saturated rings. The van der Waals surface area contributed by atoms with E-state index >= 15 is 0 Å². The summed E-state index contributed by atoms with van der Waals surface area (Å²) in [7, 11) is 1.89. The molecule has 3 N–H and O–H groups in total. The van der Waals surface area contributed by atoms with Crippen molar-refractivity contribution in [3.05, 3.63) is 60.0 Å². The topological polar surface area (TPSA) is 68.8 Å². The average Bonchev–Trinajstić information content (AvgIpc) is 2.86. The second kappa shape index (κ2) is 4.79. The lowest BCUT2D eigenvalue weighted by molar-refractivity contribution is 0.636. The van der Waals surface area contributed by atoms with Crippen LogP contribution < -0.4 is 11.3 Å². The van der Waals surface area contributed by atoms with Crippen LogP contribution in [0.1, 0.15) is 17.2 Å². The lowest BCUT2D eigenvalue weighted by Crippen LogP contribution is -2.28. The number of hydrazine groups is 1. The number of pyridine rings is 1. The SMILES string of the molecule is Cn1cc(C(NN)c2ccc3cccnc3c2)cn1. The van der Waals surface area contributed by atoms with E-state index in [0.717, 1.165) is 22.0 Å². The maximum atomic E-state index is 5.68. The first-order valence-corrected chi connectivity index (χ1v) is 6.07. The molecule has 2 heterocycles. The van der Waals surface area contributed by atoms with Gasteiger partial charge in [-0.2, -0.15) is 5.10 Å². The van der Waals surface area contributed by atoms with Crippen molar-refractivity contribution in [3.63, 3.8) is 0 Å². The standard InChI is InChI=1S/C14H15N5/c1-19-9-12(8-17-19)14(18-15)11-5-4-10-3-2-6-16-13(10)7-11/h2-9,14,18H,15H2,1H3. The highest BCUT2D eigenvalue weighted by Crippen LogP contribution is 2.23. The summed E-state index contributed by atoms with van der Waals surface area (Å²) >= 11 is 0. The molecule has 3 rings (SSSR count). The van der Waals surface area contributed by atoms with Crippen molar-refractivity contribution in [1.82, 2.24) is 20.2 Å². The molecule has 2 aromatic heterocycles. The van der Waals surface area contributed by atoms with Gasteiger partial charge < -0.3 is 0 Å². The first-order valence-electron chi connectivity index (χ1n) is 6.07. The number of hydrogen-bond acceptors (Lipinski definition) is 4. The Labute approximate surface area is 111 Å². The highest BCUT2D eigenvalue weighted by atomic mass is 15.3. The van der Waals surface area contributed by atoms with E-state index in [1.165, 1.54) is 0 Å². The summed E-state index contributed by atoms with van der Waals surface area (Å²) in [5.74, 6) is 5.68. The second-order valence-corrected chi connectivity index (χ2v) is 4.50. The number of nitrogens with two attached hydrogens (primary N) is 1. The number of nitrogens with zero attached hydrogens (tertiary/aromatic N) is 3. The predicted octanol–water partition coefficient (Wildman–Crippen LogP) is 1.52. The molecule has 0 aliphatic carbocycles. The normalized spacial score (nSPS) is 12.7. The van der Waals surface area contributed by atoms with Crippen molar-refractivity contribution >= 4 is 10.9 Å². The first kappa shape index (κ1) is 11.8. The zero-order chi connectivity index (χ0) is 13.2. The third-order valence-electron chi connectivity index (χ3n) is 3.19. The lowest BCUT2D eigenvalue weighted by atomic mass is 10.0. The molecule has 0 amide bonds. The molecule has 3 aromatic rings. The molecule has 0 bridgehead atoms. The van der Waals surface area contributed by atoms with Gasteiger partial charge in [0, 0.05) is 30.4 Å². The van der Waals surface area contributed by atoms with E-state index in [4.69, 9.17) is 5.84 Å². The fourth-order valence-electron chi connectivity index (χ4n) is 2.24. The Bertz CT molecular complexity index is 704. The van der Waals surface area contributed by atoms with Crippen LogP contribution in [-0.2, 0) is 7.05 Å². The minimum absolute atomic E-state index is 0.0832. The van der Waals surface area contributed by atoms with Gasteiger partial charge in [0.2, 0.25) is 0 Å². The summed E-state index contributed by atoms with van der Waals surface area (Å²) in [6.07, 6.45) is 5.56. The summed E-state index contributed by atoms with van der Waals surface area (Å²) < 4.78 is 1.76. The maximum absolute atomic E-state index is 5.68. The van der Waals surface area contributed by atoms with Crippen LogP contribution >= 0.6 is 0 Å². The lowest BCUT2D eigenvalue weighted by Gasteiger charge is -2.15. The van der Waals surface area contributed by atoms with Crippen molar-refractivity contribution < 1.29 is 0 Å². The zero-order valence-corrected chi connectivity index (χ0v) is 10.6. The summed E-state index contributed by atoms with van der Waals surface area (Å²) in [5, 5.41) is 5.30. The minimum atomic E-state index is -0.0832. The van der Waals surface area contributed by atoms with Gasteiger partial charge in [-0.05, 0) is 17.7 Å². The molecule has 0 radical (unpaired) electrons. The molecule has 1 unspecified atom stereocenters. The van der Waals surface area contributed by atoms with Gasteiger partial charge in [-0.15, -0.1) is 0 Å². The number of aryl methyl sites for hydroxylation is 1. The van der Waals surface area contributed by atoms with Gasteiger partial charge in [0.05, 0.1) is 17.8 Å². The first-order chi connectivity index (χ1) is 9.28. The van der Waals surface area contributed by atoms with Crippen molar-refractivity contribution in [2.75, 3.05) is 0 Å². The van der Waals surface area contributed by atoms with Gasteiger partial charge in [-0.25, -0.2) is 5.43 Å². The molecule has 0 saturated carbocycles. The molecule has 1 atom stereocenters. The Morgan fingerprint density at radius 1 is 1.26 bits per heavy atom. The van der Waals surface area contributed by atoms with E-state index in [0.29, 0.717) is 0 Å². The van der Waals surface area contributed by atoms with Crippen molar-refractivity contribution in [2.24, 2.45) is 12.9 Å². The van der Waals surface area contributed by atoms with Gasteiger partial charge in [-0.1, -0.05) is 18.2 Å². The molecular weight excluding hydrogens is 238 g/mol. The van der Waals surface area contributed by atoms with Crippen molar-refractivity contribution in [3.8, 4) is 0 Å². The molecule has 5 nitrogen and oxygen atoms in total. The van der Waals surface area contributed by atoms with Crippen LogP contribution in [0.4, 0.5) is 0 Å². The molecule has 0 aliphatic rings. The van der Waals surface area contributed by atoms with Gasteiger partial charge in [0.15, 0.2) is 0 Å². The average molecular weight is 253 g/mol. The molecule has 96 valence electrons. The molecule has 0 saturated heterocycles. The quantitative estimate of drug-likeness (QED) is 0.548. The Kier molecular flexibility index (Phi) is 2.98. The third kappa shape index (κ3) is 2.21. The monoisotopic (exact) mass is 253 g/mol. The van der Waals surface area contributed by atoms with Crippen LogP contribution in [0.2, 0.25) is 0 Å². The minimum Gasteiger partial charge on any atom is -0.275 e. The Hall–Kier alpha value is -2.24. The molecule has 0 spiro atoms. The third-order valence-corrected chi connectivity index (χ3v) is 3.19. The highest BCUT2D eigenvalue weighted by Gasteiger charge is 2.14. The van der Waals surface area contributed by atoms with Gasteiger partial charge in [-0.3, -0.25) is 15.5 Å². The number of nitrogens with one attached hydrogen (secondary N) is 1. The Morgan fingerprint density at radius 3 is 2.89 bits per heavy atom. The molecule has 5 heteroatoms. The van der Waals surface area contributed by atoms with Crippen LogP contribution in [0.3, 0.4) is 0 Å². The Morgan fingerprint density at radius 2 is 2.16 bits per heavy atom. The summed E-state index contributed by atoms with van der Waals surface area (Å²) in [6.45, 7) is 0. The van der Waals surface area contributed by atoms with E-state index in [9.17, 15) is 0 Å². The molecule has 0 aliphatic heterocycles. The van der Waals surface area contributed by atoms with Crippen molar-refractivity contribution in [1.29, 1.82) is 0 Å². The van der Waals surface area contributed by atoms with Crippen molar-refractivity contribution in [2.45, 2.75) is 6.04 Å². The second-order valence-electron chi connectivity index (χ2n) is 4.50. The van der Waals surface area contributed by atoms with Gasteiger partial charge in [0.25, 0.3) is 0 Å². The van der Waals surface area contributed by atoms with Crippen LogP contribution in [-0.4, -0.2) is 14.8 Å². The van der Waals surface area contributed by atoms with Crippen LogP contribution in [0, 0.1) is 0 Å². The van der Waals surface area contributed by atoms with E-state index < -0.39 is 0 Å².